The fourth-order valence-corrected chi connectivity index (χ4v) is 3.88. The molecule has 4 nitrogen and oxygen atoms in total. The Morgan fingerprint density at radius 3 is 2.52 bits per heavy atom. The molecule has 0 aliphatic heterocycles. The number of pyridine rings is 2. The van der Waals surface area contributed by atoms with E-state index < -0.39 is 0 Å². The van der Waals surface area contributed by atoms with E-state index >= 15 is 0 Å². The molecule has 33 heavy (non-hydrogen) atoms. The molecule has 3 aromatic carbocycles. The summed E-state index contributed by atoms with van der Waals surface area (Å²) in [6.07, 6.45) is 1.62. The second kappa shape index (κ2) is 9.01. The van der Waals surface area contributed by atoms with E-state index in [4.69, 9.17) is 7.48 Å². The van der Waals surface area contributed by atoms with Gasteiger partial charge in [-0.3, -0.25) is 0 Å². The number of aromatic nitrogens is 3. The van der Waals surface area contributed by atoms with Gasteiger partial charge in [-0.25, -0.2) is 21.1 Å². The number of fused-ring (bicyclic) bond motifs is 3. The maximum atomic E-state index is 8.03. The van der Waals surface area contributed by atoms with Crippen LogP contribution < -0.4 is 4.74 Å². The van der Waals surface area contributed by atoms with E-state index in [2.05, 4.69) is 34.2 Å². The number of hydrogen-bond acceptors (Lipinski definition) is 3. The van der Waals surface area contributed by atoms with Crippen LogP contribution in [0.3, 0.4) is 0 Å². The van der Waals surface area contributed by atoms with Crippen molar-refractivity contribution in [2.75, 3.05) is 0 Å². The van der Waals surface area contributed by atoms with Crippen LogP contribution in [-0.2, 0) is 21.1 Å². The largest absolute Gasteiger partial charge is 2.00 e. The summed E-state index contributed by atoms with van der Waals surface area (Å²) in [5.74, 6) is 1.65. The van der Waals surface area contributed by atoms with Gasteiger partial charge in [-0.05, 0) is 35.1 Å². The first-order valence-corrected chi connectivity index (χ1v) is 10.2. The Balaban J connectivity index is 0.00000253. The van der Waals surface area contributed by atoms with Gasteiger partial charge in [0.15, 0.2) is 0 Å². The fraction of sp³-hybridized carbons (Fsp3) is 0. The number of ether oxygens (including phenoxy) is 1. The summed E-state index contributed by atoms with van der Waals surface area (Å²) in [5, 5.41) is 2.10. The van der Waals surface area contributed by atoms with Crippen molar-refractivity contribution in [1.82, 2.24) is 14.5 Å². The first-order valence-electron chi connectivity index (χ1n) is 11.2. The van der Waals surface area contributed by atoms with Gasteiger partial charge in [0, 0.05) is 29.7 Å². The Morgan fingerprint density at radius 2 is 1.64 bits per heavy atom. The van der Waals surface area contributed by atoms with Gasteiger partial charge in [0.2, 0.25) is 5.88 Å². The molecule has 0 fully saturated rings. The van der Waals surface area contributed by atoms with Crippen LogP contribution in [0.1, 0.15) is 2.74 Å². The van der Waals surface area contributed by atoms with Crippen molar-refractivity contribution in [3.63, 3.8) is 0 Å². The first-order chi connectivity index (χ1) is 16.7. The monoisotopic (exact) mass is 608 g/mol. The van der Waals surface area contributed by atoms with Crippen LogP contribution in [0, 0.1) is 12.1 Å². The van der Waals surface area contributed by atoms with Crippen molar-refractivity contribution in [1.29, 1.82) is 0 Å². The number of benzene rings is 3. The number of hydrogen-bond donors (Lipinski definition) is 0. The van der Waals surface area contributed by atoms with Gasteiger partial charge in [-0.2, -0.15) is 24.3 Å². The first kappa shape index (κ1) is 18.8. The molecular weight excluding hydrogens is 589 g/mol. The van der Waals surface area contributed by atoms with E-state index in [9.17, 15) is 0 Å². The smallest absolute Gasteiger partial charge is 0.460 e. The quantitative estimate of drug-likeness (QED) is 0.211. The zero-order chi connectivity index (χ0) is 23.1. The molecule has 6 rings (SSSR count). The molecule has 0 unspecified atom stereocenters. The molecule has 0 spiro atoms. The van der Waals surface area contributed by atoms with Crippen molar-refractivity contribution in [3.05, 3.63) is 115 Å². The maximum absolute atomic E-state index is 8.03. The fourth-order valence-electron chi connectivity index (χ4n) is 3.88. The molecule has 0 radical (unpaired) electrons. The molecule has 0 atom stereocenters. The normalized spacial score (nSPS) is 11.6. The minimum absolute atomic E-state index is 0. The van der Waals surface area contributed by atoms with Crippen LogP contribution in [0.15, 0.2) is 103 Å². The average molecular weight is 609 g/mol. The molecule has 0 bridgehead atoms. The maximum Gasteiger partial charge on any atom is 2.00 e. The molecule has 0 saturated heterocycles. The second-order valence-corrected chi connectivity index (χ2v) is 7.25. The summed E-state index contributed by atoms with van der Waals surface area (Å²) in [6.45, 7) is 0. The Hall–Kier alpha value is -3.75. The molecule has 3 heterocycles. The molecule has 160 valence electrons. The zero-order valence-corrected chi connectivity index (χ0v) is 19.5. The van der Waals surface area contributed by atoms with Crippen LogP contribution in [0.4, 0.5) is 0 Å². The Morgan fingerprint density at radius 1 is 0.758 bits per heavy atom. The van der Waals surface area contributed by atoms with Gasteiger partial charge in [-0.1, -0.05) is 35.7 Å². The third kappa shape index (κ3) is 3.94. The zero-order valence-electron chi connectivity index (χ0n) is 19.2. The van der Waals surface area contributed by atoms with E-state index in [-0.39, 0.29) is 33.3 Å². The summed E-state index contributed by atoms with van der Waals surface area (Å²) in [6, 6.07) is 33.7. The molecule has 3 aromatic heterocycles. The minimum atomic E-state index is -0.0627. The summed E-state index contributed by atoms with van der Waals surface area (Å²) < 4.78 is 23.7. The van der Waals surface area contributed by atoms with Crippen LogP contribution in [0.2, 0.25) is 0 Å². The van der Waals surface area contributed by atoms with E-state index in [1.807, 2.05) is 59.2 Å². The molecule has 5 heteroatoms. The number of nitrogens with zero attached hydrogens (tertiary/aromatic N) is 3. The molecule has 0 amide bonds. The predicted molar refractivity (Wildman–Crippen MR) is 126 cm³/mol. The van der Waals surface area contributed by atoms with Crippen molar-refractivity contribution < 1.29 is 28.5 Å². The number of rotatable bonds is 4. The van der Waals surface area contributed by atoms with Gasteiger partial charge in [0.1, 0.15) is 5.82 Å². The Bertz CT molecular complexity index is 1670. The standard InChI is InChI=1S/C28H17N3O.Pt/c1-2-11-25-23(10-1)24-15-14-21(19-26(24)31(25)27-12-3-5-16-29-27)20-8-7-9-22(18-20)32-28-13-4-6-17-30-28;/h1-17H;/q-2;+2/i5D,16D;. The SMILES string of the molecule is [2H]c1ccc(-n2c3[c-]c(-c4[c-]c(Oc5ccccn5)ccc4)ccc3c3ccccc32)nc1[2H].[Pt+2]. The van der Waals surface area contributed by atoms with Crippen LogP contribution >= 0.6 is 0 Å². The van der Waals surface area contributed by atoms with Crippen LogP contribution in [-0.4, -0.2) is 14.5 Å². The molecule has 0 N–H and O–H groups in total. The summed E-state index contributed by atoms with van der Waals surface area (Å²) in [4.78, 5) is 8.58. The topological polar surface area (TPSA) is 39.9 Å². The molecule has 6 aromatic rings. The molecule has 0 saturated carbocycles. The summed E-state index contributed by atoms with van der Waals surface area (Å²) in [7, 11) is 0. The Kier molecular flexibility index (Phi) is 5.13. The van der Waals surface area contributed by atoms with Gasteiger partial charge < -0.3 is 9.30 Å². The molecule has 0 aliphatic rings. The van der Waals surface area contributed by atoms with Gasteiger partial charge in [0.25, 0.3) is 0 Å². The summed E-state index contributed by atoms with van der Waals surface area (Å²) in [5.41, 5.74) is 3.49. The van der Waals surface area contributed by atoms with Crippen molar-refractivity contribution in [2.24, 2.45) is 0 Å². The van der Waals surface area contributed by atoms with E-state index in [0.29, 0.717) is 17.4 Å². The van der Waals surface area contributed by atoms with E-state index in [1.54, 1.807) is 24.4 Å². The van der Waals surface area contributed by atoms with Gasteiger partial charge in [-0.15, -0.1) is 18.2 Å². The van der Waals surface area contributed by atoms with E-state index in [0.717, 1.165) is 32.9 Å². The minimum Gasteiger partial charge on any atom is -0.460 e. The average Bonchev–Trinajstić information content (AvgIpc) is 3.20. The number of para-hydroxylation sites is 1. The van der Waals surface area contributed by atoms with E-state index in [1.165, 1.54) is 0 Å². The van der Waals surface area contributed by atoms with Crippen LogP contribution in [0.5, 0.6) is 11.6 Å². The van der Waals surface area contributed by atoms with Crippen molar-refractivity contribution in [3.8, 4) is 28.6 Å². The third-order valence-corrected chi connectivity index (χ3v) is 5.27. The van der Waals surface area contributed by atoms with Gasteiger partial charge in [0.05, 0.1) is 2.74 Å². The predicted octanol–water partition coefficient (Wildman–Crippen LogP) is 6.63. The second-order valence-electron chi connectivity index (χ2n) is 7.25. The van der Waals surface area contributed by atoms with Crippen LogP contribution in [0.25, 0.3) is 38.8 Å². The molecule has 0 aliphatic carbocycles. The van der Waals surface area contributed by atoms with Crippen molar-refractivity contribution in [2.45, 2.75) is 0 Å². The van der Waals surface area contributed by atoms with Crippen molar-refractivity contribution >= 4 is 21.8 Å². The Labute approximate surface area is 208 Å². The third-order valence-electron chi connectivity index (χ3n) is 5.27. The van der Waals surface area contributed by atoms with Gasteiger partial charge >= 0.3 is 21.1 Å². The summed E-state index contributed by atoms with van der Waals surface area (Å²) >= 11 is 0. The molecular formula is C28H17N3OPt.